The smallest absolute Gasteiger partial charge is 0.408 e. The van der Waals surface area contributed by atoms with Crippen LogP contribution in [0.4, 0.5) is 10.5 Å². The second-order valence-corrected chi connectivity index (χ2v) is 9.71. The third kappa shape index (κ3) is 7.90. The van der Waals surface area contributed by atoms with E-state index in [-0.39, 0.29) is 18.2 Å². The van der Waals surface area contributed by atoms with Crippen molar-refractivity contribution < 1.29 is 29.0 Å². The molecule has 2 rings (SSSR count). The second kappa shape index (κ2) is 12.3. The Morgan fingerprint density at radius 2 is 1.69 bits per heavy atom. The van der Waals surface area contributed by atoms with Crippen molar-refractivity contribution in [1.29, 1.82) is 0 Å². The van der Waals surface area contributed by atoms with Gasteiger partial charge in [-0.15, -0.1) is 0 Å². The van der Waals surface area contributed by atoms with Crippen LogP contribution in [0.5, 0.6) is 11.5 Å². The molecule has 0 radical (unpaired) electrons. The monoisotopic (exact) mass is 499 g/mol. The zero-order valence-electron chi connectivity index (χ0n) is 22.0. The van der Waals surface area contributed by atoms with Crippen LogP contribution in [0.2, 0.25) is 0 Å². The van der Waals surface area contributed by atoms with Crippen molar-refractivity contribution in [1.82, 2.24) is 10.2 Å². The molecule has 0 saturated carbocycles. The highest BCUT2D eigenvalue weighted by atomic mass is 16.6. The average Bonchev–Trinajstić information content (AvgIpc) is 2.79. The highest BCUT2D eigenvalue weighted by molar-refractivity contribution is 5.99. The number of hydrogen-bond acceptors (Lipinski definition) is 6. The lowest BCUT2D eigenvalue weighted by Crippen LogP contribution is -2.54. The number of carbonyl (C=O) groups is 3. The summed E-state index contributed by atoms with van der Waals surface area (Å²) in [6, 6.07) is 11.0. The molecule has 3 amide bonds. The summed E-state index contributed by atoms with van der Waals surface area (Å²) in [7, 11) is 1.55. The zero-order chi connectivity index (χ0) is 27.0. The summed E-state index contributed by atoms with van der Waals surface area (Å²) in [6.07, 6.45) is -0.720. The maximum atomic E-state index is 13.8. The van der Waals surface area contributed by atoms with Crippen molar-refractivity contribution in [2.45, 2.75) is 59.2 Å². The van der Waals surface area contributed by atoms with Crippen molar-refractivity contribution in [3.63, 3.8) is 0 Å². The number of carbonyl (C=O) groups excluding carboxylic acids is 3. The number of aromatic hydroxyl groups is 1. The molecule has 0 aliphatic carbocycles. The Morgan fingerprint density at radius 3 is 2.19 bits per heavy atom. The lowest BCUT2D eigenvalue weighted by Gasteiger charge is -2.35. The Kier molecular flexibility index (Phi) is 9.72. The van der Waals surface area contributed by atoms with Crippen LogP contribution in [0.15, 0.2) is 48.5 Å². The lowest BCUT2D eigenvalue weighted by molar-refractivity contribution is -0.141. The van der Waals surface area contributed by atoms with E-state index in [0.29, 0.717) is 17.0 Å². The van der Waals surface area contributed by atoms with E-state index in [1.54, 1.807) is 85.1 Å². The topological polar surface area (TPSA) is 117 Å². The highest BCUT2D eigenvalue weighted by Gasteiger charge is 2.37. The maximum absolute atomic E-state index is 13.8. The predicted octanol–water partition coefficient (Wildman–Crippen LogP) is 4.48. The molecule has 0 bridgehead atoms. The lowest BCUT2D eigenvalue weighted by atomic mass is 9.98. The summed E-state index contributed by atoms with van der Waals surface area (Å²) in [5, 5.41) is 15.6. The summed E-state index contributed by atoms with van der Waals surface area (Å²) in [6.45, 7) is 10.7. The molecule has 0 fully saturated rings. The van der Waals surface area contributed by atoms with Gasteiger partial charge in [-0.3, -0.25) is 9.59 Å². The zero-order valence-corrected chi connectivity index (χ0v) is 22.0. The van der Waals surface area contributed by atoms with E-state index in [1.807, 2.05) is 0 Å². The minimum Gasteiger partial charge on any atom is -0.508 e. The Labute approximate surface area is 212 Å². The molecular weight excluding hydrogens is 462 g/mol. The van der Waals surface area contributed by atoms with Crippen LogP contribution in [0.3, 0.4) is 0 Å². The van der Waals surface area contributed by atoms with Gasteiger partial charge in [0.15, 0.2) is 0 Å². The van der Waals surface area contributed by atoms with Gasteiger partial charge in [0.05, 0.1) is 7.11 Å². The normalized spacial score (nSPS) is 12.9. The number of alkyl carbamates (subject to hydrolysis) is 1. The molecule has 2 atom stereocenters. The molecule has 0 aliphatic rings. The van der Waals surface area contributed by atoms with Crippen LogP contribution in [0.1, 0.15) is 53.1 Å². The molecule has 36 heavy (non-hydrogen) atoms. The largest absolute Gasteiger partial charge is 0.508 e. The number of benzene rings is 2. The Bertz CT molecular complexity index is 1050. The number of nitrogens with zero attached hydrogens (tertiary/aromatic N) is 1. The number of nitrogens with one attached hydrogen (secondary N) is 2. The SMILES string of the molecule is CCN(C(=O)C(NC(=O)OC(C)(C)C)C(C)C)C(C(=O)Nc1ccc(OC)cc1)c1cccc(O)c1. The molecule has 3 N–H and O–H groups in total. The average molecular weight is 500 g/mol. The van der Waals surface area contributed by atoms with Gasteiger partial charge in [0.25, 0.3) is 5.91 Å². The Morgan fingerprint density at radius 1 is 1.06 bits per heavy atom. The number of rotatable bonds is 9. The highest BCUT2D eigenvalue weighted by Crippen LogP contribution is 2.28. The van der Waals surface area contributed by atoms with E-state index in [4.69, 9.17) is 9.47 Å². The van der Waals surface area contributed by atoms with Gasteiger partial charge in [-0.25, -0.2) is 4.79 Å². The third-order valence-electron chi connectivity index (χ3n) is 5.33. The van der Waals surface area contributed by atoms with E-state index in [1.165, 1.54) is 17.0 Å². The molecule has 0 saturated heterocycles. The fourth-order valence-electron chi connectivity index (χ4n) is 3.65. The van der Waals surface area contributed by atoms with Gasteiger partial charge in [-0.2, -0.15) is 0 Å². The summed E-state index contributed by atoms with van der Waals surface area (Å²) in [5.41, 5.74) is 0.208. The third-order valence-corrected chi connectivity index (χ3v) is 5.33. The molecule has 2 unspecified atom stereocenters. The number of methoxy groups -OCH3 is 1. The van der Waals surface area contributed by atoms with Crippen LogP contribution in [0.25, 0.3) is 0 Å². The number of anilines is 1. The van der Waals surface area contributed by atoms with Gasteiger partial charge in [0.1, 0.15) is 29.2 Å². The molecule has 0 spiro atoms. The van der Waals surface area contributed by atoms with Crippen LogP contribution in [-0.4, -0.2) is 53.2 Å². The van der Waals surface area contributed by atoms with E-state index in [2.05, 4.69) is 10.6 Å². The van der Waals surface area contributed by atoms with E-state index in [0.717, 1.165) is 0 Å². The van der Waals surface area contributed by atoms with Crippen LogP contribution < -0.4 is 15.4 Å². The number of ether oxygens (including phenoxy) is 2. The van der Waals surface area contributed by atoms with Gasteiger partial charge >= 0.3 is 6.09 Å². The number of hydrogen-bond donors (Lipinski definition) is 3. The minimum absolute atomic E-state index is 0.0365. The van der Waals surface area contributed by atoms with Gasteiger partial charge in [-0.05, 0) is 75.6 Å². The van der Waals surface area contributed by atoms with Gasteiger partial charge < -0.3 is 30.1 Å². The molecule has 9 nitrogen and oxygen atoms in total. The second-order valence-electron chi connectivity index (χ2n) is 9.71. The number of amides is 3. The maximum Gasteiger partial charge on any atom is 0.408 e. The number of likely N-dealkylation sites (N-methyl/N-ethyl adjacent to an activating group) is 1. The van der Waals surface area contributed by atoms with Gasteiger partial charge in [-0.1, -0.05) is 26.0 Å². The van der Waals surface area contributed by atoms with Crippen molar-refractivity contribution in [2.75, 3.05) is 19.0 Å². The molecule has 196 valence electrons. The molecule has 0 aliphatic heterocycles. The molecule has 0 heterocycles. The first kappa shape index (κ1) is 28.5. The fourth-order valence-corrected chi connectivity index (χ4v) is 3.65. The molecule has 2 aromatic carbocycles. The Hall–Kier alpha value is -3.75. The van der Waals surface area contributed by atoms with E-state index < -0.39 is 35.6 Å². The number of phenols is 1. The van der Waals surface area contributed by atoms with Crippen molar-refractivity contribution in [3.05, 3.63) is 54.1 Å². The molecule has 0 aromatic heterocycles. The van der Waals surface area contributed by atoms with E-state index >= 15 is 0 Å². The standard InChI is InChI=1S/C27H37N3O6/c1-8-30(25(33)22(17(2)3)29-26(34)36-27(4,5)6)23(18-10-9-11-20(31)16-18)24(32)28-19-12-14-21(35-7)15-13-19/h9-17,22-23,31H,8H2,1-7H3,(H,28,32)(H,29,34). The van der Waals surface area contributed by atoms with Crippen molar-refractivity contribution in [3.8, 4) is 11.5 Å². The van der Waals surface area contributed by atoms with Gasteiger partial charge in [0.2, 0.25) is 5.91 Å². The van der Waals surface area contributed by atoms with Crippen LogP contribution in [-0.2, 0) is 14.3 Å². The first-order chi connectivity index (χ1) is 16.9. The van der Waals surface area contributed by atoms with E-state index in [9.17, 15) is 19.5 Å². The molecular formula is C27H37N3O6. The van der Waals surface area contributed by atoms with Gasteiger partial charge in [0, 0.05) is 12.2 Å². The summed E-state index contributed by atoms with van der Waals surface area (Å²) in [5.74, 6) is -0.604. The molecule has 9 heteroatoms. The minimum atomic E-state index is -1.07. The number of phenolic OH excluding ortho intramolecular Hbond substituents is 1. The van der Waals surface area contributed by atoms with Crippen LogP contribution >= 0.6 is 0 Å². The fraction of sp³-hybridized carbons (Fsp3) is 0.444. The first-order valence-electron chi connectivity index (χ1n) is 11.9. The quantitative estimate of drug-likeness (QED) is 0.468. The summed E-state index contributed by atoms with van der Waals surface area (Å²) >= 11 is 0. The summed E-state index contributed by atoms with van der Waals surface area (Å²) in [4.78, 5) is 41.2. The Balaban J connectivity index is 2.42. The summed E-state index contributed by atoms with van der Waals surface area (Å²) < 4.78 is 10.5. The molecule has 2 aromatic rings. The predicted molar refractivity (Wildman–Crippen MR) is 138 cm³/mol. The first-order valence-corrected chi connectivity index (χ1v) is 11.9. The van der Waals surface area contributed by atoms with Crippen molar-refractivity contribution >= 4 is 23.6 Å². The van der Waals surface area contributed by atoms with Crippen LogP contribution in [0, 0.1) is 5.92 Å². The van der Waals surface area contributed by atoms with Crippen molar-refractivity contribution in [2.24, 2.45) is 5.92 Å².